The maximum absolute atomic E-state index is 12.3. The van der Waals surface area contributed by atoms with Crippen LogP contribution in [-0.2, 0) is 14.8 Å². The van der Waals surface area contributed by atoms with Crippen molar-refractivity contribution in [3.05, 3.63) is 59.1 Å². The van der Waals surface area contributed by atoms with Crippen LogP contribution in [0.1, 0.15) is 17.3 Å². The molecule has 0 radical (unpaired) electrons. The minimum atomic E-state index is -3.82. The van der Waals surface area contributed by atoms with E-state index in [1.165, 1.54) is 36.4 Å². The minimum Gasteiger partial charge on any atom is -0.449 e. The Kier molecular flexibility index (Phi) is 6.42. The molecule has 2 aromatic rings. The first-order chi connectivity index (χ1) is 12.3. The van der Waals surface area contributed by atoms with Crippen molar-refractivity contribution in [3.63, 3.8) is 0 Å². The number of benzene rings is 2. The monoisotopic (exact) mass is 397 g/mol. The molecule has 138 valence electrons. The van der Waals surface area contributed by atoms with Gasteiger partial charge in [0.15, 0.2) is 0 Å². The fourth-order valence-electron chi connectivity index (χ4n) is 1.86. The van der Waals surface area contributed by atoms with Gasteiger partial charge in [-0.1, -0.05) is 11.6 Å². The largest absolute Gasteiger partial charge is 0.449 e. The lowest BCUT2D eigenvalue weighted by atomic mass is 10.2. The third-order valence-electron chi connectivity index (χ3n) is 3.08. The third-order valence-corrected chi connectivity index (χ3v) is 4.73. The van der Waals surface area contributed by atoms with E-state index in [4.69, 9.17) is 11.6 Å². The van der Waals surface area contributed by atoms with Crippen LogP contribution in [0.25, 0.3) is 0 Å². The number of hydrazine groups is 1. The van der Waals surface area contributed by atoms with Gasteiger partial charge in [0.25, 0.3) is 15.9 Å². The molecule has 0 atom stereocenters. The Labute approximate surface area is 155 Å². The molecule has 0 bridgehead atoms. The summed E-state index contributed by atoms with van der Waals surface area (Å²) in [7, 11) is -3.82. The van der Waals surface area contributed by atoms with E-state index in [0.29, 0.717) is 10.7 Å². The topological polar surface area (TPSA) is 114 Å². The van der Waals surface area contributed by atoms with E-state index in [1.807, 2.05) is 0 Å². The van der Waals surface area contributed by atoms with Crippen LogP contribution in [0.2, 0.25) is 5.02 Å². The van der Waals surface area contributed by atoms with Crippen molar-refractivity contribution in [2.75, 3.05) is 11.3 Å². The summed E-state index contributed by atoms with van der Waals surface area (Å²) in [5.41, 5.74) is 4.72. The fraction of sp³-hybridized carbons (Fsp3) is 0.125. The molecule has 0 unspecified atom stereocenters. The van der Waals surface area contributed by atoms with Crippen molar-refractivity contribution in [2.45, 2.75) is 11.8 Å². The molecule has 2 aromatic carbocycles. The molecule has 3 N–H and O–H groups in total. The normalized spacial score (nSPS) is 10.7. The Bertz CT molecular complexity index is 883. The van der Waals surface area contributed by atoms with Crippen molar-refractivity contribution < 1.29 is 22.7 Å². The molecule has 26 heavy (non-hydrogen) atoms. The molecule has 0 aliphatic rings. The summed E-state index contributed by atoms with van der Waals surface area (Å²) in [6, 6.07) is 11.4. The molecule has 0 fully saturated rings. The van der Waals surface area contributed by atoms with Gasteiger partial charge in [-0.25, -0.2) is 18.6 Å². The van der Waals surface area contributed by atoms with Gasteiger partial charge in [0.2, 0.25) is 0 Å². The van der Waals surface area contributed by atoms with Crippen molar-refractivity contribution in [1.29, 1.82) is 0 Å². The summed E-state index contributed by atoms with van der Waals surface area (Å²) >= 11 is 5.76. The van der Waals surface area contributed by atoms with Gasteiger partial charge in [0.1, 0.15) is 0 Å². The van der Waals surface area contributed by atoms with Crippen molar-refractivity contribution in [1.82, 2.24) is 10.9 Å². The summed E-state index contributed by atoms with van der Waals surface area (Å²) in [6.07, 6.45) is -0.799. The van der Waals surface area contributed by atoms with Gasteiger partial charge in [-0.05, 0) is 55.5 Å². The van der Waals surface area contributed by atoms with Crippen molar-refractivity contribution in [3.8, 4) is 0 Å². The first-order valence-electron chi connectivity index (χ1n) is 7.43. The van der Waals surface area contributed by atoms with E-state index in [1.54, 1.807) is 19.1 Å². The lowest BCUT2D eigenvalue weighted by Crippen LogP contribution is -2.41. The Morgan fingerprint density at radius 3 is 2.19 bits per heavy atom. The number of rotatable bonds is 5. The van der Waals surface area contributed by atoms with Crippen molar-refractivity contribution >= 4 is 39.3 Å². The number of carbonyl (C=O) groups excluding carboxylic acids is 2. The maximum atomic E-state index is 12.3. The number of halogens is 1. The first kappa shape index (κ1) is 19.5. The molecule has 0 saturated heterocycles. The molecule has 0 saturated carbocycles. The van der Waals surface area contributed by atoms with E-state index >= 15 is 0 Å². The van der Waals surface area contributed by atoms with Crippen LogP contribution in [-0.4, -0.2) is 27.0 Å². The Morgan fingerprint density at radius 1 is 1.00 bits per heavy atom. The second-order valence-electron chi connectivity index (χ2n) is 4.94. The number of nitrogens with one attached hydrogen (secondary N) is 3. The van der Waals surface area contributed by atoms with Gasteiger partial charge in [-0.3, -0.25) is 14.9 Å². The van der Waals surface area contributed by atoms with Crippen LogP contribution in [0.15, 0.2) is 53.4 Å². The summed E-state index contributed by atoms with van der Waals surface area (Å²) in [5.74, 6) is -0.618. The van der Waals surface area contributed by atoms with Gasteiger partial charge in [-0.2, -0.15) is 0 Å². The number of hydrogen-bond donors (Lipinski definition) is 3. The zero-order valence-electron chi connectivity index (χ0n) is 13.7. The highest BCUT2D eigenvalue weighted by Gasteiger charge is 2.15. The van der Waals surface area contributed by atoms with Crippen LogP contribution in [0, 0.1) is 0 Å². The number of sulfonamides is 1. The van der Waals surface area contributed by atoms with Gasteiger partial charge in [0.05, 0.1) is 11.5 Å². The summed E-state index contributed by atoms with van der Waals surface area (Å²) in [4.78, 5) is 23.0. The van der Waals surface area contributed by atoms with E-state index in [0.717, 1.165) is 0 Å². The van der Waals surface area contributed by atoms with E-state index in [-0.39, 0.29) is 17.1 Å². The van der Waals surface area contributed by atoms with Gasteiger partial charge >= 0.3 is 6.09 Å². The molecule has 8 nitrogen and oxygen atoms in total. The smallest absolute Gasteiger partial charge is 0.426 e. The molecule has 2 amide bonds. The minimum absolute atomic E-state index is 0.0256. The number of ether oxygens (including phenoxy) is 1. The zero-order valence-corrected chi connectivity index (χ0v) is 15.2. The van der Waals surface area contributed by atoms with Gasteiger partial charge in [-0.15, -0.1) is 0 Å². The molecule has 0 aromatic heterocycles. The molecule has 2 rings (SSSR count). The molecule has 0 spiro atoms. The average Bonchev–Trinajstić information content (AvgIpc) is 2.62. The highest BCUT2D eigenvalue weighted by Crippen LogP contribution is 2.18. The molecule has 0 aliphatic heterocycles. The van der Waals surface area contributed by atoms with E-state index in [9.17, 15) is 18.0 Å². The van der Waals surface area contributed by atoms with Crippen molar-refractivity contribution in [2.24, 2.45) is 0 Å². The predicted molar refractivity (Wildman–Crippen MR) is 96.3 cm³/mol. The number of amides is 2. The number of anilines is 1. The SMILES string of the molecule is CCOC(=O)NNC(=O)c1ccc(S(=O)(=O)Nc2ccc(Cl)cc2)cc1. The molecule has 0 heterocycles. The average molecular weight is 398 g/mol. The third kappa shape index (κ3) is 5.36. The summed E-state index contributed by atoms with van der Waals surface area (Å²) < 4.78 is 31.7. The lowest BCUT2D eigenvalue weighted by molar-refractivity contribution is 0.0912. The molecule has 10 heteroatoms. The van der Waals surface area contributed by atoms with Crippen LogP contribution >= 0.6 is 11.6 Å². The van der Waals surface area contributed by atoms with Crippen LogP contribution < -0.4 is 15.6 Å². The molecular weight excluding hydrogens is 382 g/mol. The van der Waals surface area contributed by atoms with Gasteiger partial charge < -0.3 is 4.74 Å². The first-order valence-corrected chi connectivity index (χ1v) is 9.29. The Morgan fingerprint density at radius 2 is 1.62 bits per heavy atom. The quantitative estimate of drug-likeness (QED) is 0.671. The maximum Gasteiger partial charge on any atom is 0.426 e. The van der Waals surface area contributed by atoms with Crippen LogP contribution in [0.5, 0.6) is 0 Å². The number of hydrogen-bond acceptors (Lipinski definition) is 5. The molecule has 0 aliphatic carbocycles. The van der Waals surface area contributed by atoms with Crippen LogP contribution in [0.3, 0.4) is 0 Å². The predicted octanol–water partition coefficient (Wildman–Crippen LogP) is 2.53. The lowest BCUT2D eigenvalue weighted by Gasteiger charge is -2.10. The standard InChI is InChI=1S/C16H16ClN3O5S/c1-2-25-16(22)19-18-15(21)11-3-9-14(10-4-11)26(23,24)20-13-7-5-12(17)6-8-13/h3-10,20H,2H2,1H3,(H,18,21)(H,19,22). The van der Waals surface area contributed by atoms with E-state index in [2.05, 4.69) is 20.3 Å². The zero-order chi connectivity index (χ0) is 19.2. The van der Waals surface area contributed by atoms with E-state index < -0.39 is 22.0 Å². The Balaban J connectivity index is 2.04. The Hall–Kier alpha value is -2.78. The fourth-order valence-corrected chi connectivity index (χ4v) is 3.05. The van der Waals surface area contributed by atoms with Crippen LogP contribution in [0.4, 0.5) is 10.5 Å². The number of carbonyl (C=O) groups is 2. The summed E-state index contributed by atoms with van der Waals surface area (Å²) in [5, 5.41) is 0.486. The van der Waals surface area contributed by atoms with Gasteiger partial charge in [0, 0.05) is 16.3 Å². The second-order valence-corrected chi connectivity index (χ2v) is 7.06. The highest BCUT2D eigenvalue weighted by molar-refractivity contribution is 7.92. The molecular formula is C16H16ClN3O5S. The second kappa shape index (κ2) is 8.54. The highest BCUT2D eigenvalue weighted by atomic mass is 35.5. The summed E-state index contributed by atoms with van der Waals surface area (Å²) in [6.45, 7) is 1.79.